The molecule has 0 aliphatic carbocycles. The predicted molar refractivity (Wildman–Crippen MR) is 118 cm³/mol. The van der Waals surface area contributed by atoms with Crippen molar-refractivity contribution in [2.45, 2.75) is 19.9 Å². The third-order valence-corrected chi connectivity index (χ3v) is 5.44. The number of methoxy groups -OCH3 is 1. The van der Waals surface area contributed by atoms with E-state index in [1.54, 1.807) is 48.8 Å². The lowest BCUT2D eigenvalue weighted by atomic mass is 9.94. The topological polar surface area (TPSA) is 79.7 Å². The third-order valence-electron chi connectivity index (χ3n) is 5.44. The molecule has 4 rings (SSSR count). The zero-order chi connectivity index (χ0) is 22.1. The lowest BCUT2D eigenvalue weighted by Crippen LogP contribution is -2.29. The van der Waals surface area contributed by atoms with Crippen LogP contribution < -0.4 is 9.64 Å². The molecule has 1 aliphatic rings. The summed E-state index contributed by atoms with van der Waals surface area (Å²) in [7, 11) is 1.50. The molecular weight excluding hydrogens is 392 g/mol. The van der Waals surface area contributed by atoms with Crippen molar-refractivity contribution in [3.8, 4) is 5.75 Å². The van der Waals surface area contributed by atoms with Gasteiger partial charge in [-0.3, -0.25) is 19.5 Å². The van der Waals surface area contributed by atoms with Gasteiger partial charge in [0.2, 0.25) is 0 Å². The van der Waals surface area contributed by atoms with Gasteiger partial charge in [0, 0.05) is 18.0 Å². The molecule has 3 aromatic rings. The number of hydrogen-bond acceptors (Lipinski definition) is 5. The van der Waals surface area contributed by atoms with Crippen LogP contribution in [0.3, 0.4) is 0 Å². The van der Waals surface area contributed by atoms with Gasteiger partial charge in [-0.05, 0) is 49.2 Å². The molecule has 2 heterocycles. The number of carbonyl (C=O) groups excluding carboxylic acids is 2. The van der Waals surface area contributed by atoms with Crippen molar-refractivity contribution < 1.29 is 19.4 Å². The lowest BCUT2D eigenvalue weighted by Gasteiger charge is -2.26. The van der Waals surface area contributed by atoms with E-state index >= 15 is 0 Å². The Hall–Kier alpha value is -3.93. The highest BCUT2D eigenvalue weighted by Gasteiger charge is 2.48. The van der Waals surface area contributed by atoms with Crippen molar-refractivity contribution in [1.82, 2.24) is 4.98 Å². The zero-order valence-corrected chi connectivity index (χ0v) is 17.5. The first kappa shape index (κ1) is 20.3. The molecule has 1 fully saturated rings. The van der Waals surface area contributed by atoms with Crippen LogP contribution in [-0.2, 0) is 9.59 Å². The van der Waals surface area contributed by atoms with Crippen molar-refractivity contribution in [3.63, 3.8) is 0 Å². The SMILES string of the molecule is COc1ccccc1N1C(=O)C(=O)/C(=C(/O)c2cc(C)ccc2C)C1c1cccnc1. The lowest BCUT2D eigenvalue weighted by molar-refractivity contribution is -0.132. The van der Waals surface area contributed by atoms with Crippen molar-refractivity contribution in [1.29, 1.82) is 0 Å². The number of nitrogens with zero attached hydrogens (tertiary/aromatic N) is 2. The summed E-state index contributed by atoms with van der Waals surface area (Å²) in [5.41, 5.74) is 3.34. The molecule has 6 heteroatoms. The highest BCUT2D eigenvalue weighted by molar-refractivity contribution is 6.52. The third kappa shape index (κ3) is 3.46. The summed E-state index contributed by atoms with van der Waals surface area (Å²) in [5.74, 6) is -1.24. The maximum absolute atomic E-state index is 13.2. The quantitative estimate of drug-likeness (QED) is 0.390. The van der Waals surface area contributed by atoms with Crippen LogP contribution in [0.15, 0.2) is 72.6 Å². The van der Waals surface area contributed by atoms with Crippen molar-refractivity contribution in [2.75, 3.05) is 12.0 Å². The summed E-state index contributed by atoms with van der Waals surface area (Å²) in [4.78, 5) is 32.0. The molecule has 1 aromatic heterocycles. The smallest absolute Gasteiger partial charge is 0.300 e. The molecule has 31 heavy (non-hydrogen) atoms. The number of rotatable bonds is 4. The molecule has 1 aliphatic heterocycles. The standard InChI is InChI=1S/C25H22N2O4/c1-15-10-11-16(2)18(13-15)23(28)21-22(17-7-6-12-26-14-17)27(25(30)24(21)29)19-8-4-5-9-20(19)31-3/h4-14,22,28H,1-3H3/b23-21+. The Bertz CT molecular complexity index is 1200. The van der Waals surface area contributed by atoms with Gasteiger partial charge < -0.3 is 9.84 Å². The molecule has 1 N–H and O–H groups in total. The average molecular weight is 414 g/mol. The van der Waals surface area contributed by atoms with Crippen molar-refractivity contribution in [2.24, 2.45) is 0 Å². The molecule has 0 saturated carbocycles. The summed E-state index contributed by atoms with van der Waals surface area (Å²) < 4.78 is 5.44. The van der Waals surface area contributed by atoms with E-state index in [0.717, 1.165) is 11.1 Å². The molecule has 1 atom stereocenters. The molecule has 6 nitrogen and oxygen atoms in total. The van der Waals surface area contributed by atoms with Gasteiger partial charge in [0.25, 0.3) is 11.7 Å². The number of benzene rings is 2. The molecule has 0 radical (unpaired) electrons. The first-order chi connectivity index (χ1) is 14.9. The Kier molecular flexibility index (Phi) is 5.29. The first-order valence-corrected chi connectivity index (χ1v) is 9.85. The fourth-order valence-corrected chi connectivity index (χ4v) is 3.90. The monoisotopic (exact) mass is 414 g/mol. The van der Waals surface area contributed by atoms with E-state index in [9.17, 15) is 14.7 Å². The minimum Gasteiger partial charge on any atom is -0.507 e. The second-order valence-electron chi connectivity index (χ2n) is 7.45. The van der Waals surface area contributed by atoms with Crippen LogP contribution in [0.1, 0.15) is 28.3 Å². The summed E-state index contributed by atoms with van der Waals surface area (Å²) >= 11 is 0. The van der Waals surface area contributed by atoms with Crippen molar-refractivity contribution >= 4 is 23.1 Å². The van der Waals surface area contributed by atoms with E-state index in [0.29, 0.717) is 22.6 Å². The van der Waals surface area contributed by atoms with Gasteiger partial charge in [-0.25, -0.2) is 0 Å². The number of aryl methyl sites for hydroxylation is 2. The molecule has 0 spiro atoms. The normalized spacial score (nSPS) is 17.8. The maximum atomic E-state index is 13.2. The van der Waals surface area contributed by atoms with Gasteiger partial charge >= 0.3 is 0 Å². The van der Waals surface area contributed by atoms with E-state index in [1.807, 2.05) is 32.0 Å². The van der Waals surface area contributed by atoms with Crippen LogP contribution in [-0.4, -0.2) is 28.9 Å². The van der Waals surface area contributed by atoms with Gasteiger partial charge in [0.05, 0.1) is 24.4 Å². The number of carbonyl (C=O) groups is 2. The Morgan fingerprint density at radius 1 is 1.06 bits per heavy atom. The van der Waals surface area contributed by atoms with Crippen LogP contribution >= 0.6 is 0 Å². The van der Waals surface area contributed by atoms with Gasteiger partial charge in [0.15, 0.2) is 0 Å². The van der Waals surface area contributed by atoms with E-state index in [2.05, 4.69) is 4.98 Å². The number of para-hydroxylation sites is 2. The molecule has 0 bridgehead atoms. The predicted octanol–water partition coefficient (Wildman–Crippen LogP) is 4.33. The summed E-state index contributed by atoms with van der Waals surface area (Å²) in [5, 5.41) is 11.3. The van der Waals surface area contributed by atoms with E-state index in [1.165, 1.54) is 12.0 Å². The Labute approximate surface area is 180 Å². The van der Waals surface area contributed by atoms with Crippen LogP contribution in [0.2, 0.25) is 0 Å². The number of hydrogen-bond donors (Lipinski definition) is 1. The summed E-state index contributed by atoms with van der Waals surface area (Å²) in [6, 6.07) is 15.3. The zero-order valence-electron chi connectivity index (χ0n) is 17.5. The largest absolute Gasteiger partial charge is 0.507 e. The average Bonchev–Trinajstić information content (AvgIpc) is 3.06. The van der Waals surface area contributed by atoms with Crippen LogP contribution in [0.5, 0.6) is 5.75 Å². The molecular formula is C25H22N2O4. The van der Waals surface area contributed by atoms with Crippen LogP contribution in [0, 0.1) is 13.8 Å². The number of ketones is 1. The highest BCUT2D eigenvalue weighted by atomic mass is 16.5. The molecule has 1 amide bonds. The van der Waals surface area contributed by atoms with E-state index < -0.39 is 17.7 Å². The Balaban J connectivity index is 2.00. The molecule has 2 aromatic carbocycles. The second kappa shape index (κ2) is 8.07. The fraction of sp³-hybridized carbons (Fsp3) is 0.160. The molecule has 156 valence electrons. The number of amides is 1. The van der Waals surface area contributed by atoms with E-state index in [4.69, 9.17) is 4.74 Å². The first-order valence-electron chi connectivity index (χ1n) is 9.85. The fourth-order valence-electron chi connectivity index (χ4n) is 3.90. The van der Waals surface area contributed by atoms with Gasteiger partial charge in [0.1, 0.15) is 11.5 Å². The van der Waals surface area contributed by atoms with Crippen molar-refractivity contribution in [3.05, 3.63) is 94.8 Å². The maximum Gasteiger partial charge on any atom is 0.300 e. The molecule has 1 unspecified atom stereocenters. The number of Topliss-reactive ketones (excluding diaryl/α,β-unsaturated/α-hetero) is 1. The number of aliphatic hydroxyl groups excluding tert-OH is 1. The number of aliphatic hydroxyl groups is 1. The number of ether oxygens (including phenoxy) is 1. The van der Waals surface area contributed by atoms with Crippen LogP contribution in [0.4, 0.5) is 5.69 Å². The minimum atomic E-state index is -0.843. The molecule has 1 saturated heterocycles. The van der Waals surface area contributed by atoms with E-state index in [-0.39, 0.29) is 11.3 Å². The highest BCUT2D eigenvalue weighted by Crippen LogP contribution is 2.44. The number of aromatic nitrogens is 1. The second-order valence-corrected chi connectivity index (χ2v) is 7.45. The Morgan fingerprint density at radius 2 is 1.84 bits per heavy atom. The van der Waals surface area contributed by atoms with Gasteiger partial charge in [-0.1, -0.05) is 35.9 Å². The summed E-state index contributed by atoms with van der Waals surface area (Å²) in [6.07, 6.45) is 3.21. The minimum absolute atomic E-state index is 0.0256. The van der Waals surface area contributed by atoms with Gasteiger partial charge in [-0.2, -0.15) is 0 Å². The number of pyridine rings is 1. The Morgan fingerprint density at radius 3 is 2.55 bits per heavy atom. The van der Waals surface area contributed by atoms with Crippen LogP contribution in [0.25, 0.3) is 5.76 Å². The van der Waals surface area contributed by atoms with Gasteiger partial charge in [-0.15, -0.1) is 0 Å². The number of anilines is 1. The summed E-state index contributed by atoms with van der Waals surface area (Å²) in [6.45, 7) is 3.76.